The van der Waals surface area contributed by atoms with Gasteiger partial charge in [0.2, 0.25) is 0 Å². The first-order valence-corrected chi connectivity index (χ1v) is 5.72. The molecule has 0 aliphatic heterocycles. The number of benzene rings is 1. The minimum atomic E-state index is 0.832. The van der Waals surface area contributed by atoms with E-state index in [0.717, 1.165) is 18.3 Å². The quantitative estimate of drug-likeness (QED) is 0.775. The highest BCUT2D eigenvalue weighted by molar-refractivity contribution is 14.1. The molecule has 0 amide bonds. The van der Waals surface area contributed by atoms with Crippen molar-refractivity contribution in [2.24, 2.45) is 5.92 Å². The van der Waals surface area contributed by atoms with Gasteiger partial charge in [-0.05, 0) is 66.0 Å². The average Bonchev–Trinajstić information content (AvgIpc) is 2.91. The van der Waals surface area contributed by atoms with Crippen molar-refractivity contribution in [3.63, 3.8) is 0 Å². The molecular weight excluding hydrogens is 275 g/mol. The van der Waals surface area contributed by atoms with Crippen LogP contribution in [0.1, 0.15) is 18.4 Å². The Morgan fingerprint density at radius 3 is 2.85 bits per heavy atom. The van der Waals surface area contributed by atoms with Gasteiger partial charge in [-0.3, -0.25) is 0 Å². The Labute approximate surface area is 92.6 Å². The van der Waals surface area contributed by atoms with E-state index >= 15 is 0 Å². The zero-order chi connectivity index (χ0) is 9.26. The largest absolute Gasteiger partial charge is 0.493 e. The summed E-state index contributed by atoms with van der Waals surface area (Å²) in [4.78, 5) is 0. The molecule has 0 heterocycles. The van der Waals surface area contributed by atoms with Gasteiger partial charge in [0.25, 0.3) is 0 Å². The highest BCUT2D eigenvalue weighted by atomic mass is 127. The maximum Gasteiger partial charge on any atom is 0.120 e. The molecule has 13 heavy (non-hydrogen) atoms. The van der Waals surface area contributed by atoms with Gasteiger partial charge in [-0.25, -0.2) is 0 Å². The lowest BCUT2D eigenvalue weighted by atomic mass is 10.2. The Kier molecular flexibility index (Phi) is 2.77. The van der Waals surface area contributed by atoms with Crippen molar-refractivity contribution in [3.05, 3.63) is 27.3 Å². The summed E-state index contributed by atoms with van der Waals surface area (Å²) in [5.74, 6) is 1.85. The summed E-state index contributed by atoms with van der Waals surface area (Å²) < 4.78 is 6.94. The molecule has 1 fully saturated rings. The highest BCUT2D eigenvalue weighted by Gasteiger charge is 2.21. The third-order valence-corrected chi connectivity index (χ3v) is 3.49. The van der Waals surface area contributed by atoms with Gasteiger partial charge in [-0.1, -0.05) is 6.07 Å². The van der Waals surface area contributed by atoms with Gasteiger partial charge in [0.15, 0.2) is 0 Å². The summed E-state index contributed by atoms with van der Waals surface area (Å²) in [6, 6.07) is 6.28. The van der Waals surface area contributed by atoms with Crippen LogP contribution in [-0.2, 0) is 0 Å². The minimum Gasteiger partial charge on any atom is -0.493 e. The number of ether oxygens (including phenoxy) is 1. The van der Waals surface area contributed by atoms with Crippen molar-refractivity contribution >= 4 is 22.6 Å². The molecule has 0 radical (unpaired) electrons. The number of aryl methyl sites for hydroxylation is 1. The molecule has 1 aliphatic carbocycles. The fourth-order valence-corrected chi connectivity index (χ4v) is 1.65. The van der Waals surface area contributed by atoms with Crippen LogP contribution in [0, 0.1) is 16.4 Å². The van der Waals surface area contributed by atoms with Crippen LogP contribution in [0.15, 0.2) is 18.2 Å². The fourth-order valence-electron chi connectivity index (χ4n) is 1.16. The standard InChI is InChI=1S/C11H13IO/c1-8-2-5-10(6-11(8)12)13-7-9-3-4-9/h2,5-6,9H,3-4,7H2,1H3. The molecule has 70 valence electrons. The van der Waals surface area contributed by atoms with Crippen molar-refractivity contribution in [2.45, 2.75) is 19.8 Å². The molecule has 0 unspecified atom stereocenters. The third kappa shape index (κ3) is 2.59. The van der Waals surface area contributed by atoms with Crippen molar-refractivity contribution in [2.75, 3.05) is 6.61 Å². The summed E-state index contributed by atoms with van der Waals surface area (Å²) in [5, 5.41) is 0. The number of hydrogen-bond acceptors (Lipinski definition) is 1. The predicted molar refractivity (Wildman–Crippen MR) is 62.1 cm³/mol. The van der Waals surface area contributed by atoms with Crippen LogP contribution in [-0.4, -0.2) is 6.61 Å². The summed E-state index contributed by atoms with van der Waals surface area (Å²) in [7, 11) is 0. The van der Waals surface area contributed by atoms with E-state index in [0.29, 0.717) is 0 Å². The Hall–Kier alpha value is -0.250. The Balaban J connectivity index is 1.98. The van der Waals surface area contributed by atoms with E-state index in [1.165, 1.54) is 22.0 Å². The van der Waals surface area contributed by atoms with Crippen LogP contribution in [0.5, 0.6) is 5.75 Å². The molecule has 2 heteroatoms. The van der Waals surface area contributed by atoms with Crippen LogP contribution >= 0.6 is 22.6 Å². The molecule has 2 rings (SSSR count). The molecule has 0 atom stereocenters. The SMILES string of the molecule is Cc1ccc(OCC2CC2)cc1I. The molecule has 0 N–H and O–H groups in total. The fraction of sp³-hybridized carbons (Fsp3) is 0.455. The average molecular weight is 288 g/mol. The number of hydrogen-bond donors (Lipinski definition) is 0. The van der Waals surface area contributed by atoms with Crippen molar-refractivity contribution in [1.29, 1.82) is 0 Å². The normalized spacial score (nSPS) is 15.8. The third-order valence-electron chi connectivity index (χ3n) is 2.33. The Morgan fingerprint density at radius 2 is 2.23 bits per heavy atom. The van der Waals surface area contributed by atoms with Crippen LogP contribution in [0.3, 0.4) is 0 Å². The Morgan fingerprint density at radius 1 is 1.46 bits per heavy atom. The minimum absolute atomic E-state index is 0.832. The summed E-state index contributed by atoms with van der Waals surface area (Å²) >= 11 is 2.34. The number of halogens is 1. The molecule has 0 aromatic heterocycles. The first-order chi connectivity index (χ1) is 6.25. The van der Waals surface area contributed by atoms with Gasteiger partial charge >= 0.3 is 0 Å². The smallest absolute Gasteiger partial charge is 0.120 e. The number of rotatable bonds is 3. The molecule has 0 saturated heterocycles. The van der Waals surface area contributed by atoms with E-state index in [1.807, 2.05) is 0 Å². The maximum absolute atomic E-state index is 5.66. The molecule has 0 bridgehead atoms. The molecule has 1 saturated carbocycles. The highest BCUT2D eigenvalue weighted by Crippen LogP contribution is 2.30. The van der Waals surface area contributed by atoms with Crippen LogP contribution in [0.25, 0.3) is 0 Å². The second-order valence-electron chi connectivity index (χ2n) is 3.67. The van der Waals surface area contributed by atoms with Gasteiger partial charge in [-0.2, -0.15) is 0 Å². The van der Waals surface area contributed by atoms with Gasteiger partial charge in [0.05, 0.1) is 6.61 Å². The summed E-state index contributed by atoms with van der Waals surface area (Å²) in [5.41, 5.74) is 1.32. The topological polar surface area (TPSA) is 9.23 Å². The molecule has 0 spiro atoms. The Bertz CT molecular complexity index is 305. The molecule has 1 aliphatic rings. The van der Waals surface area contributed by atoms with Crippen LogP contribution < -0.4 is 4.74 Å². The van der Waals surface area contributed by atoms with E-state index < -0.39 is 0 Å². The monoisotopic (exact) mass is 288 g/mol. The van der Waals surface area contributed by atoms with E-state index in [1.54, 1.807) is 0 Å². The predicted octanol–water partition coefficient (Wildman–Crippen LogP) is 3.39. The second kappa shape index (κ2) is 3.86. The van der Waals surface area contributed by atoms with Crippen molar-refractivity contribution in [1.82, 2.24) is 0 Å². The van der Waals surface area contributed by atoms with Crippen LogP contribution in [0.4, 0.5) is 0 Å². The van der Waals surface area contributed by atoms with E-state index in [-0.39, 0.29) is 0 Å². The summed E-state index contributed by atoms with van der Waals surface area (Å²) in [6.07, 6.45) is 2.70. The van der Waals surface area contributed by atoms with Gasteiger partial charge < -0.3 is 4.74 Å². The summed E-state index contributed by atoms with van der Waals surface area (Å²) in [6.45, 7) is 3.02. The van der Waals surface area contributed by atoms with E-state index in [9.17, 15) is 0 Å². The zero-order valence-electron chi connectivity index (χ0n) is 7.72. The molecular formula is C11H13IO. The zero-order valence-corrected chi connectivity index (χ0v) is 9.87. The van der Waals surface area contributed by atoms with Gasteiger partial charge in [0, 0.05) is 3.57 Å². The second-order valence-corrected chi connectivity index (χ2v) is 4.83. The van der Waals surface area contributed by atoms with Crippen molar-refractivity contribution < 1.29 is 4.74 Å². The van der Waals surface area contributed by atoms with Crippen molar-refractivity contribution in [3.8, 4) is 5.75 Å². The first-order valence-electron chi connectivity index (χ1n) is 4.64. The van der Waals surface area contributed by atoms with E-state index in [2.05, 4.69) is 47.7 Å². The van der Waals surface area contributed by atoms with Crippen LogP contribution in [0.2, 0.25) is 0 Å². The lowest BCUT2D eigenvalue weighted by Gasteiger charge is -2.06. The lowest BCUT2D eigenvalue weighted by molar-refractivity contribution is 0.299. The molecule has 1 aromatic rings. The molecule has 1 aromatic carbocycles. The molecule has 1 nitrogen and oxygen atoms in total. The van der Waals surface area contributed by atoms with Gasteiger partial charge in [0.1, 0.15) is 5.75 Å². The maximum atomic E-state index is 5.66. The first kappa shape index (κ1) is 9.31. The lowest BCUT2D eigenvalue weighted by Crippen LogP contribution is -1.99. The van der Waals surface area contributed by atoms with E-state index in [4.69, 9.17) is 4.74 Å². The van der Waals surface area contributed by atoms with Gasteiger partial charge in [-0.15, -0.1) is 0 Å².